The zero-order valence-electron chi connectivity index (χ0n) is 16.8. The molecule has 1 atom stereocenters. The molecule has 2 N–H and O–H groups in total. The number of carbonyl (C=O) groups is 2. The normalized spacial score (nSPS) is 12.0. The summed E-state index contributed by atoms with van der Waals surface area (Å²) in [6.45, 7) is 6.28. The zero-order chi connectivity index (χ0) is 21.2. The summed E-state index contributed by atoms with van der Waals surface area (Å²) in [7, 11) is 0. The van der Waals surface area contributed by atoms with E-state index in [-0.39, 0.29) is 11.5 Å². The minimum absolute atomic E-state index is 0.166. The molecule has 0 radical (unpaired) electrons. The highest BCUT2D eigenvalue weighted by Crippen LogP contribution is 2.12. The Balaban J connectivity index is 1.98. The second-order valence-electron chi connectivity index (χ2n) is 6.86. The van der Waals surface area contributed by atoms with Crippen molar-refractivity contribution < 1.29 is 18.7 Å². The molecule has 0 spiro atoms. The van der Waals surface area contributed by atoms with Crippen LogP contribution in [0.2, 0.25) is 0 Å². The van der Waals surface area contributed by atoms with Gasteiger partial charge in [-0.25, -0.2) is 9.82 Å². The first-order valence-corrected chi connectivity index (χ1v) is 9.53. The largest absolute Gasteiger partial charge is 0.494 e. The lowest BCUT2D eigenvalue weighted by atomic mass is 10.0. The molecule has 0 heterocycles. The number of nitrogens with zero attached hydrogens (tertiary/aromatic N) is 1. The molecule has 0 bridgehead atoms. The molecule has 7 heteroatoms. The van der Waals surface area contributed by atoms with E-state index in [4.69, 9.17) is 4.74 Å². The smallest absolute Gasteiger partial charge is 0.262 e. The van der Waals surface area contributed by atoms with Crippen LogP contribution in [0.4, 0.5) is 4.39 Å². The van der Waals surface area contributed by atoms with Crippen molar-refractivity contribution in [2.45, 2.75) is 33.2 Å². The van der Waals surface area contributed by atoms with E-state index in [1.54, 1.807) is 0 Å². The van der Waals surface area contributed by atoms with Crippen molar-refractivity contribution in [2.75, 3.05) is 6.61 Å². The number of carbonyl (C=O) groups excluding carboxylic acids is 2. The molecule has 0 saturated carbocycles. The van der Waals surface area contributed by atoms with Crippen LogP contribution in [0.25, 0.3) is 0 Å². The van der Waals surface area contributed by atoms with Gasteiger partial charge in [0, 0.05) is 5.56 Å². The second kappa shape index (κ2) is 10.9. The van der Waals surface area contributed by atoms with E-state index in [1.807, 2.05) is 45.0 Å². The standard InChI is InChI=1S/C22H26FN3O3/c1-4-12-29-19-7-5-6-16(13-19)14-24-26-22(28)20(15(2)3)25-21(27)17-8-10-18(23)11-9-17/h5-11,13-15,20H,4,12H2,1-3H3,(H,25,27)(H,26,28). The summed E-state index contributed by atoms with van der Waals surface area (Å²) in [6, 6.07) is 11.7. The molecule has 0 saturated heterocycles. The van der Waals surface area contributed by atoms with E-state index in [0.29, 0.717) is 6.61 Å². The summed E-state index contributed by atoms with van der Waals surface area (Å²) in [5.74, 6) is -0.763. The van der Waals surface area contributed by atoms with Gasteiger partial charge in [-0.1, -0.05) is 32.9 Å². The monoisotopic (exact) mass is 399 g/mol. The predicted octanol–water partition coefficient (Wildman–Crippen LogP) is 3.52. The molecule has 1 unspecified atom stereocenters. The molecule has 0 fully saturated rings. The van der Waals surface area contributed by atoms with E-state index < -0.39 is 23.7 Å². The van der Waals surface area contributed by atoms with Crippen LogP contribution in [0.15, 0.2) is 53.6 Å². The number of hydrogen-bond donors (Lipinski definition) is 2. The Kier molecular flexibility index (Phi) is 8.33. The number of nitrogens with one attached hydrogen (secondary N) is 2. The summed E-state index contributed by atoms with van der Waals surface area (Å²) >= 11 is 0. The number of halogens is 1. The maximum Gasteiger partial charge on any atom is 0.262 e. The molecular formula is C22H26FN3O3. The second-order valence-corrected chi connectivity index (χ2v) is 6.86. The quantitative estimate of drug-likeness (QED) is 0.500. The third kappa shape index (κ3) is 7.03. The molecule has 154 valence electrons. The van der Waals surface area contributed by atoms with Crippen molar-refractivity contribution in [3.8, 4) is 5.75 Å². The van der Waals surface area contributed by atoms with Crippen molar-refractivity contribution in [2.24, 2.45) is 11.0 Å². The van der Waals surface area contributed by atoms with Crippen LogP contribution in [0, 0.1) is 11.7 Å². The van der Waals surface area contributed by atoms with Crippen LogP contribution in [-0.2, 0) is 4.79 Å². The van der Waals surface area contributed by atoms with Crippen LogP contribution >= 0.6 is 0 Å². The van der Waals surface area contributed by atoms with Gasteiger partial charge < -0.3 is 10.1 Å². The predicted molar refractivity (Wildman–Crippen MR) is 110 cm³/mol. The maximum atomic E-state index is 13.0. The minimum atomic E-state index is -0.788. The fourth-order valence-electron chi connectivity index (χ4n) is 2.51. The van der Waals surface area contributed by atoms with Crippen LogP contribution in [-0.4, -0.2) is 30.7 Å². The van der Waals surface area contributed by atoms with Crippen LogP contribution in [0.3, 0.4) is 0 Å². The maximum absolute atomic E-state index is 13.0. The highest BCUT2D eigenvalue weighted by molar-refractivity contribution is 5.97. The first kappa shape index (κ1) is 22.1. The Morgan fingerprint density at radius 2 is 1.90 bits per heavy atom. The van der Waals surface area contributed by atoms with E-state index in [2.05, 4.69) is 15.8 Å². The molecule has 0 aliphatic carbocycles. The summed E-state index contributed by atoms with van der Waals surface area (Å²) in [5, 5.41) is 6.64. The zero-order valence-corrected chi connectivity index (χ0v) is 16.8. The van der Waals surface area contributed by atoms with Gasteiger partial charge in [0.05, 0.1) is 12.8 Å². The van der Waals surface area contributed by atoms with Crippen molar-refractivity contribution in [1.82, 2.24) is 10.7 Å². The van der Waals surface area contributed by atoms with Gasteiger partial charge in [-0.3, -0.25) is 9.59 Å². The summed E-state index contributed by atoms with van der Waals surface area (Å²) < 4.78 is 18.6. The lowest BCUT2D eigenvalue weighted by molar-refractivity contribution is -0.123. The molecule has 2 rings (SSSR count). The number of hydrogen-bond acceptors (Lipinski definition) is 4. The van der Waals surface area contributed by atoms with Crippen LogP contribution < -0.4 is 15.5 Å². The fourth-order valence-corrected chi connectivity index (χ4v) is 2.51. The number of hydrazone groups is 1. The Morgan fingerprint density at radius 1 is 1.17 bits per heavy atom. The van der Waals surface area contributed by atoms with Crippen LogP contribution in [0.5, 0.6) is 5.75 Å². The van der Waals surface area contributed by atoms with Gasteiger partial charge in [-0.2, -0.15) is 5.10 Å². The molecule has 2 amide bonds. The van der Waals surface area contributed by atoms with Gasteiger partial charge in [-0.05, 0) is 54.3 Å². The number of rotatable bonds is 9. The Morgan fingerprint density at radius 3 is 2.55 bits per heavy atom. The SMILES string of the molecule is CCCOc1cccc(C=NNC(=O)C(NC(=O)c2ccc(F)cc2)C(C)C)c1. The van der Waals surface area contributed by atoms with Crippen LogP contribution in [0.1, 0.15) is 43.1 Å². The molecule has 29 heavy (non-hydrogen) atoms. The van der Waals surface area contributed by atoms with Crippen molar-refractivity contribution in [3.63, 3.8) is 0 Å². The van der Waals surface area contributed by atoms with E-state index in [1.165, 1.54) is 30.5 Å². The molecule has 6 nitrogen and oxygen atoms in total. The Hall–Kier alpha value is -3.22. The van der Waals surface area contributed by atoms with Gasteiger partial charge in [0.1, 0.15) is 17.6 Å². The lowest BCUT2D eigenvalue weighted by Gasteiger charge is -2.20. The van der Waals surface area contributed by atoms with E-state index in [0.717, 1.165) is 17.7 Å². The third-order valence-corrected chi connectivity index (χ3v) is 4.06. The Labute approximate surface area is 170 Å². The Bertz CT molecular complexity index is 851. The van der Waals surface area contributed by atoms with E-state index >= 15 is 0 Å². The van der Waals surface area contributed by atoms with Gasteiger partial charge >= 0.3 is 0 Å². The number of ether oxygens (including phenoxy) is 1. The van der Waals surface area contributed by atoms with Gasteiger partial charge in [0.25, 0.3) is 11.8 Å². The lowest BCUT2D eigenvalue weighted by Crippen LogP contribution is -2.48. The third-order valence-electron chi connectivity index (χ3n) is 4.06. The highest BCUT2D eigenvalue weighted by atomic mass is 19.1. The summed E-state index contributed by atoms with van der Waals surface area (Å²) in [5.41, 5.74) is 3.50. The van der Waals surface area contributed by atoms with Gasteiger partial charge in [-0.15, -0.1) is 0 Å². The van der Waals surface area contributed by atoms with Crippen molar-refractivity contribution in [3.05, 3.63) is 65.5 Å². The molecule has 0 aliphatic heterocycles. The van der Waals surface area contributed by atoms with Gasteiger partial charge in [0.2, 0.25) is 0 Å². The topological polar surface area (TPSA) is 79.8 Å². The molecule has 2 aromatic carbocycles. The minimum Gasteiger partial charge on any atom is -0.494 e. The first-order valence-electron chi connectivity index (χ1n) is 9.53. The molecular weight excluding hydrogens is 373 g/mol. The average Bonchev–Trinajstić information content (AvgIpc) is 2.70. The molecule has 0 aliphatic rings. The highest BCUT2D eigenvalue weighted by Gasteiger charge is 2.24. The molecule has 2 aromatic rings. The fraction of sp³-hybridized carbons (Fsp3) is 0.318. The first-order chi connectivity index (χ1) is 13.9. The van der Waals surface area contributed by atoms with Gasteiger partial charge in [0.15, 0.2) is 0 Å². The summed E-state index contributed by atoms with van der Waals surface area (Å²) in [4.78, 5) is 24.8. The number of benzene rings is 2. The summed E-state index contributed by atoms with van der Waals surface area (Å²) in [6.07, 6.45) is 2.42. The molecule has 0 aromatic heterocycles. The van der Waals surface area contributed by atoms with E-state index in [9.17, 15) is 14.0 Å². The number of amides is 2. The van der Waals surface area contributed by atoms with Crippen molar-refractivity contribution >= 4 is 18.0 Å². The van der Waals surface area contributed by atoms with Crippen molar-refractivity contribution in [1.29, 1.82) is 0 Å². The average molecular weight is 399 g/mol.